The van der Waals surface area contributed by atoms with Crippen LogP contribution in [0, 0.1) is 5.41 Å². The van der Waals surface area contributed by atoms with Crippen molar-refractivity contribution in [1.29, 1.82) is 0 Å². The number of amidine groups is 1. The Morgan fingerprint density at radius 1 is 1.14 bits per heavy atom. The molecule has 1 aromatic carbocycles. The van der Waals surface area contributed by atoms with Crippen LogP contribution in [0.25, 0.3) is 11.1 Å². The Morgan fingerprint density at radius 3 is 2.54 bits per heavy atom. The maximum atomic E-state index is 14.6. The van der Waals surface area contributed by atoms with Gasteiger partial charge in [-0.05, 0) is 60.9 Å². The number of ether oxygens (including phenoxy) is 1. The molecule has 1 atom stereocenters. The third-order valence-electron chi connectivity index (χ3n) is 6.85. The van der Waals surface area contributed by atoms with Crippen molar-refractivity contribution >= 4 is 5.84 Å². The highest BCUT2D eigenvalue weighted by molar-refractivity contribution is 5.98. The number of methoxy groups -OCH3 is 1. The highest BCUT2D eigenvalue weighted by atomic mass is 19.1. The lowest BCUT2D eigenvalue weighted by molar-refractivity contribution is 0.00815. The van der Waals surface area contributed by atoms with Crippen LogP contribution in [0.4, 0.5) is 4.39 Å². The Hall–Kier alpha value is -2.60. The molecule has 5 nitrogen and oxygen atoms in total. The molecule has 1 unspecified atom stereocenters. The van der Waals surface area contributed by atoms with Gasteiger partial charge in [-0.25, -0.2) is 19.4 Å². The average Bonchev–Trinajstić information content (AvgIpc) is 3.17. The number of benzene rings is 1. The minimum absolute atomic E-state index is 0.00883. The number of fused-ring (bicyclic) bond motifs is 3. The van der Waals surface area contributed by atoms with E-state index in [1.807, 2.05) is 0 Å². The van der Waals surface area contributed by atoms with Gasteiger partial charge in [0.2, 0.25) is 0 Å². The first-order valence-electron chi connectivity index (χ1n) is 9.73. The zero-order valence-corrected chi connectivity index (χ0v) is 15.9. The second-order valence-corrected chi connectivity index (χ2v) is 8.15. The summed E-state index contributed by atoms with van der Waals surface area (Å²) in [4.78, 5) is 13.0. The van der Waals surface area contributed by atoms with E-state index in [9.17, 15) is 4.39 Å². The van der Waals surface area contributed by atoms with E-state index in [0.29, 0.717) is 0 Å². The van der Waals surface area contributed by atoms with Gasteiger partial charge in [0, 0.05) is 30.5 Å². The fraction of sp³-hybridized carbons (Fsp3) is 0.409. The molecular weight excluding hydrogens is 355 g/mol. The summed E-state index contributed by atoms with van der Waals surface area (Å²) in [5.41, 5.74) is 9.27. The van der Waals surface area contributed by atoms with E-state index in [-0.39, 0.29) is 17.4 Å². The van der Waals surface area contributed by atoms with Gasteiger partial charge in [0.25, 0.3) is 0 Å². The van der Waals surface area contributed by atoms with Crippen molar-refractivity contribution in [2.24, 2.45) is 16.1 Å². The zero-order chi connectivity index (χ0) is 19.4. The maximum absolute atomic E-state index is 14.6. The molecule has 2 aliphatic carbocycles. The number of hydrogen-bond donors (Lipinski definition) is 1. The van der Waals surface area contributed by atoms with Crippen LogP contribution in [0.3, 0.4) is 0 Å². The highest BCUT2D eigenvalue weighted by Gasteiger charge is 2.59. The minimum atomic E-state index is -0.735. The first kappa shape index (κ1) is 17.5. The van der Waals surface area contributed by atoms with Gasteiger partial charge < -0.3 is 10.5 Å². The van der Waals surface area contributed by atoms with Gasteiger partial charge in [0.15, 0.2) is 11.7 Å². The number of rotatable bonds is 2. The Kier molecular flexibility index (Phi) is 3.88. The molecule has 144 valence electrons. The van der Waals surface area contributed by atoms with Gasteiger partial charge in [-0.15, -0.1) is 0 Å². The van der Waals surface area contributed by atoms with Gasteiger partial charge in [0.05, 0.1) is 6.10 Å². The number of aromatic nitrogens is 2. The van der Waals surface area contributed by atoms with Crippen molar-refractivity contribution < 1.29 is 9.13 Å². The Morgan fingerprint density at radius 2 is 1.89 bits per heavy atom. The van der Waals surface area contributed by atoms with Crippen LogP contribution in [0.15, 0.2) is 53.8 Å². The maximum Gasteiger partial charge on any atom is 0.163 e. The first-order chi connectivity index (χ1) is 13.6. The molecule has 0 bridgehead atoms. The highest BCUT2D eigenvalue weighted by Crippen LogP contribution is 2.62. The van der Waals surface area contributed by atoms with Crippen LogP contribution in [-0.4, -0.2) is 29.0 Å². The first-order valence-corrected chi connectivity index (χ1v) is 9.73. The van der Waals surface area contributed by atoms with Gasteiger partial charge in [-0.2, -0.15) is 0 Å². The van der Waals surface area contributed by atoms with Crippen molar-refractivity contribution in [3.8, 4) is 11.1 Å². The molecule has 0 amide bonds. The largest absolute Gasteiger partial charge is 0.382 e. The molecule has 2 N–H and O–H groups in total. The van der Waals surface area contributed by atoms with Crippen LogP contribution >= 0.6 is 0 Å². The lowest BCUT2D eigenvalue weighted by Crippen LogP contribution is -2.43. The molecule has 5 rings (SSSR count). The van der Waals surface area contributed by atoms with Crippen LogP contribution < -0.4 is 5.73 Å². The van der Waals surface area contributed by atoms with E-state index in [1.165, 1.54) is 11.9 Å². The summed E-state index contributed by atoms with van der Waals surface area (Å²) in [7, 11) is 1.77. The summed E-state index contributed by atoms with van der Waals surface area (Å²) in [5, 5.41) is 0. The van der Waals surface area contributed by atoms with Crippen molar-refractivity contribution in [2.45, 2.75) is 43.7 Å². The molecule has 6 heteroatoms. The van der Waals surface area contributed by atoms with Gasteiger partial charge in [-0.1, -0.05) is 12.1 Å². The van der Waals surface area contributed by atoms with Crippen LogP contribution in [0.1, 0.15) is 36.8 Å². The number of hydrogen-bond acceptors (Lipinski definition) is 5. The van der Waals surface area contributed by atoms with E-state index < -0.39 is 11.4 Å². The SMILES string of the molecule is COC1CCC2(CC1)Cc1ccc(-c3cncnc3)cc1C21C=C(F)C(N)=N1. The summed E-state index contributed by atoms with van der Waals surface area (Å²) in [6, 6.07) is 6.36. The van der Waals surface area contributed by atoms with Crippen LogP contribution in [0.5, 0.6) is 0 Å². The van der Waals surface area contributed by atoms with Gasteiger partial charge in [0.1, 0.15) is 11.9 Å². The summed E-state index contributed by atoms with van der Waals surface area (Å²) >= 11 is 0. The monoisotopic (exact) mass is 378 g/mol. The summed E-state index contributed by atoms with van der Waals surface area (Å²) in [6.45, 7) is 0. The normalized spacial score (nSPS) is 31.1. The van der Waals surface area contributed by atoms with Crippen molar-refractivity contribution in [1.82, 2.24) is 9.97 Å². The van der Waals surface area contributed by atoms with Crippen molar-refractivity contribution in [2.75, 3.05) is 7.11 Å². The lowest BCUT2D eigenvalue weighted by atomic mass is 9.62. The van der Waals surface area contributed by atoms with E-state index in [0.717, 1.165) is 48.8 Å². The van der Waals surface area contributed by atoms with E-state index in [4.69, 9.17) is 15.5 Å². The fourth-order valence-corrected chi connectivity index (χ4v) is 5.38. The lowest BCUT2D eigenvalue weighted by Gasteiger charge is -2.45. The van der Waals surface area contributed by atoms with Crippen LogP contribution in [0.2, 0.25) is 0 Å². The second-order valence-electron chi connectivity index (χ2n) is 8.15. The Bertz CT molecular complexity index is 959. The van der Waals surface area contributed by atoms with E-state index >= 15 is 0 Å². The van der Waals surface area contributed by atoms with Gasteiger partial charge in [-0.3, -0.25) is 0 Å². The quantitative estimate of drug-likeness (QED) is 0.865. The molecule has 2 aromatic rings. The van der Waals surface area contributed by atoms with E-state index in [2.05, 4.69) is 28.2 Å². The minimum Gasteiger partial charge on any atom is -0.382 e. The zero-order valence-electron chi connectivity index (χ0n) is 15.9. The number of nitrogens with zero attached hydrogens (tertiary/aromatic N) is 3. The second kappa shape index (κ2) is 6.21. The molecule has 1 aromatic heterocycles. The average molecular weight is 378 g/mol. The molecule has 0 radical (unpaired) electrons. The number of aliphatic imine (C=N–C) groups is 1. The predicted octanol–water partition coefficient (Wildman–Crippen LogP) is 3.69. The molecule has 1 fully saturated rings. The van der Waals surface area contributed by atoms with Crippen molar-refractivity contribution in [3.63, 3.8) is 0 Å². The van der Waals surface area contributed by atoms with Crippen molar-refractivity contribution in [3.05, 3.63) is 59.9 Å². The molecule has 1 aliphatic heterocycles. The molecule has 0 saturated heterocycles. The summed E-state index contributed by atoms with van der Waals surface area (Å²) in [6.07, 6.45) is 11.7. The predicted molar refractivity (Wildman–Crippen MR) is 105 cm³/mol. The smallest absolute Gasteiger partial charge is 0.163 e. The third-order valence-corrected chi connectivity index (χ3v) is 6.85. The summed E-state index contributed by atoms with van der Waals surface area (Å²) < 4.78 is 20.2. The van der Waals surface area contributed by atoms with Gasteiger partial charge >= 0.3 is 0 Å². The summed E-state index contributed by atoms with van der Waals surface area (Å²) in [5.74, 6) is -0.399. The molecule has 1 saturated carbocycles. The third kappa shape index (κ3) is 2.37. The molecule has 28 heavy (non-hydrogen) atoms. The molecule has 3 aliphatic rings. The molecule has 2 heterocycles. The number of nitrogens with two attached hydrogens (primary N) is 1. The van der Waals surface area contributed by atoms with Crippen LogP contribution in [-0.2, 0) is 16.7 Å². The topological polar surface area (TPSA) is 73.4 Å². The standard InChI is InChI=1S/C22H23FN4O/c1-28-17-4-6-21(7-5-17)9-15-3-2-14(16-11-25-13-26-12-16)8-18(15)22(21)10-19(23)20(24)27-22/h2-3,8,10-13,17H,4-7,9H2,1H3,(H2,24,27). The Balaban J connectivity index is 1.65. The molecular formula is C22H23FN4O. The van der Waals surface area contributed by atoms with E-state index in [1.54, 1.807) is 25.6 Å². The molecule has 2 spiro atoms. The fourth-order valence-electron chi connectivity index (χ4n) is 5.38. The number of halogens is 1. The Labute approximate surface area is 163 Å².